The molecule has 140 valence electrons. The van der Waals surface area contributed by atoms with Crippen molar-refractivity contribution in [3.8, 4) is 0 Å². The van der Waals surface area contributed by atoms with Crippen molar-refractivity contribution >= 4 is 22.7 Å². The van der Waals surface area contributed by atoms with Crippen molar-refractivity contribution in [2.24, 2.45) is 11.7 Å². The van der Waals surface area contributed by atoms with Crippen LogP contribution in [-0.2, 0) is 11.3 Å². The van der Waals surface area contributed by atoms with Gasteiger partial charge in [-0.1, -0.05) is 0 Å². The van der Waals surface area contributed by atoms with Crippen LogP contribution in [0.1, 0.15) is 32.6 Å². The molecular weight excluding hydrogens is 340 g/mol. The zero-order chi connectivity index (χ0) is 18.9. The molecule has 1 heterocycles. The highest BCUT2D eigenvalue weighted by molar-refractivity contribution is 5.77. The molecule has 1 atom stereocenters. The zero-order valence-corrected chi connectivity index (χ0v) is 14.6. The van der Waals surface area contributed by atoms with Crippen LogP contribution in [0.3, 0.4) is 0 Å². The molecule has 3 rings (SSSR count). The lowest BCUT2D eigenvalue weighted by Gasteiger charge is -2.29. The Morgan fingerprint density at radius 2 is 2.23 bits per heavy atom. The Labute approximate surface area is 149 Å². The van der Waals surface area contributed by atoms with Gasteiger partial charge >= 0.3 is 5.76 Å². The van der Waals surface area contributed by atoms with E-state index < -0.39 is 10.7 Å². The summed E-state index contributed by atoms with van der Waals surface area (Å²) in [5.74, 6) is -0.250. The molecule has 0 saturated heterocycles. The number of non-ortho nitro benzene ring substituents is 1. The van der Waals surface area contributed by atoms with E-state index in [1.807, 2.05) is 6.92 Å². The van der Waals surface area contributed by atoms with Crippen LogP contribution in [0.5, 0.6) is 0 Å². The van der Waals surface area contributed by atoms with E-state index in [2.05, 4.69) is 5.32 Å². The molecule has 9 heteroatoms. The molecule has 0 bridgehead atoms. The second-order valence-electron chi connectivity index (χ2n) is 6.98. The Kier molecular flexibility index (Phi) is 4.82. The highest BCUT2D eigenvalue weighted by Gasteiger charge is 2.41. The number of carbonyl (C=O) groups is 1. The number of hydrogen-bond donors (Lipinski definition) is 2. The van der Waals surface area contributed by atoms with Gasteiger partial charge < -0.3 is 15.5 Å². The molecule has 2 aromatic rings. The summed E-state index contributed by atoms with van der Waals surface area (Å²) < 4.78 is 6.46. The van der Waals surface area contributed by atoms with E-state index >= 15 is 0 Å². The SMILES string of the molecule is CC(CN)(NC(=O)CCCn1c(=O)oc2cc([N+](=O)[O-])ccc21)C1CC1. The van der Waals surface area contributed by atoms with Crippen LogP contribution in [0.25, 0.3) is 11.1 Å². The van der Waals surface area contributed by atoms with Crippen LogP contribution in [0.2, 0.25) is 0 Å². The minimum Gasteiger partial charge on any atom is -0.407 e. The van der Waals surface area contributed by atoms with Gasteiger partial charge in [0.25, 0.3) is 5.69 Å². The molecule has 1 aromatic carbocycles. The average Bonchev–Trinajstić information content (AvgIpc) is 3.40. The minimum absolute atomic E-state index is 0.0960. The molecule has 1 fully saturated rings. The molecular formula is C17H22N4O5. The first-order valence-electron chi connectivity index (χ1n) is 8.63. The van der Waals surface area contributed by atoms with Crippen molar-refractivity contribution in [1.82, 2.24) is 9.88 Å². The van der Waals surface area contributed by atoms with Gasteiger partial charge in [-0.05, 0) is 38.2 Å². The summed E-state index contributed by atoms with van der Waals surface area (Å²) in [6.45, 7) is 2.65. The maximum absolute atomic E-state index is 12.2. The lowest BCUT2D eigenvalue weighted by atomic mass is 9.95. The van der Waals surface area contributed by atoms with Crippen molar-refractivity contribution in [1.29, 1.82) is 0 Å². The van der Waals surface area contributed by atoms with Gasteiger partial charge in [0, 0.05) is 25.6 Å². The summed E-state index contributed by atoms with van der Waals surface area (Å²) in [6.07, 6.45) is 2.87. The molecule has 1 aliphatic rings. The van der Waals surface area contributed by atoms with Crippen LogP contribution in [0.15, 0.2) is 27.4 Å². The van der Waals surface area contributed by atoms with Crippen molar-refractivity contribution in [2.45, 2.75) is 44.7 Å². The maximum atomic E-state index is 12.2. The van der Waals surface area contributed by atoms with Crippen molar-refractivity contribution in [2.75, 3.05) is 6.54 Å². The van der Waals surface area contributed by atoms with Gasteiger partial charge in [0.1, 0.15) is 0 Å². The average molecular weight is 362 g/mol. The third kappa shape index (κ3) is 3.62. The third-order valence-corrected chi connectivity index (χ3v) is 4.98. The number of carbonyl (C=O) groups excluding carboxylic acids is 1. The molecule has 1 aromatic heterocycles. The molecule has 1 amide bonds. The molecule has 1 aliphatic carbocycles. The number of aromatic nitrogens is 1. The predicted octanol–water partition coefficient (Wildman–Crippen LogP) is 1.53. The fourth-order valence-electron chi connectivity index (χ4n) is 3.20. The first-order chi connectivity index (χ1) is 12.3. The Hall–Kier alpha value is -2.68. The molecule has 3 N–H and O–H groups in total. The summed E-state index contributed by atoms with van der Waals surface area (Å²) in [4.78, 5) is 34.4. The largest absolute Gasteiger partial charge is 0.419 e. The van der Waals surface area contributed by atoms with Gasteiger partial charge in [0.05, 0.1) is 22.0 Å². The fraction of sp³-hybridized carbons (Fsp3) is 0.529. The Morgan fingerprint density at radius 3 is 2.85 bits per heavy atom. The van der Waals surface area contributed by atoms with Gasteiger partial charge in [-0.15, -0.1) is 0 Å². The summed E-state index contributed by atoms with van der Waals surface area (Å²) in [6, 6.07) is 4.03. The van der Waals surface area contributed by atoms with E-state index in [4.69, 9.17) is 10.2 Å². The number of aryl methyl sites for hydroxylation is 1. The van der Waals surface area contributed by atoms with E-state index in [0.29, 0.717) is 30.9 Å². The minimum atomic E-state index is -0.592. The topological polar surface area (TPSA) is 133 Å². The number of benzene rings is 1. The van der Waals surface area contributed by atoms with Crippen LogP contribution in [-0.4, -0.2) is 27.5 Å². The highest BCUT2D eigenvalue weighted by Crippen LogP contribution is 2.39. The highest BCUT2D eigenvalue weighted by atomic mass is 16.6. The Morgan fingerprint density at radius 1 is 1.50 bits per heavy atom. The molecule has 26 heavy (non-hydrogen) atoms. The number of nitrogens with zero attached hydrogens (tertiary/aromatic N) is 2. The van der Waals surface area contributed by atoms with Crippen LogP contribution < -0.4 is 16.8 Å². The van der Waals surface area contributed by atoms with E-state index in [-0.39, 0.29) is 29.1 Å². The monoisotopic (exact) mass is 362 g/mol. The van der Waals surface area contributed by atoms with Gasteiger partial charge in [0.15, 0.2) is 5.58 Å². The van der Waals surface area contributed by atoms with E-state index in [1.165, 1.54) is 22.8 Å². The predicted molar refractivity (Wildman–Crippen MR) is 94.7 cm³/mol. The van der Waals surface area contributed by atoms with E-state index in [1.54, 1.807) is 0 Å². The van der Waals surface area contributed by atoms with Crippen molar-refractivity contribution < 1.29 is 14.1 Å². The van der Waals surface area contributed by atoms with Crippen molar-refractivity contribution in [3.63, 3.8) is 0 Å². The lowest BCUT2D eigenvalue weighted by molar-refractivity contribution is -0.384. The van der Waals surface area contributed by atoms with Crippen molar-refractivity contribution in [3.05, 3.63) is 38.9 Å². The molecule has 0 spiro atoms. The third-order valence-electron chi connectivity index (χ3n) is 4.98. The first-order valence-corrected chi connectivity index (χ1v) is 8.63. The Balaban J connectivity index is 1.63. The summed E-state index contributed by atoms with van der Waals surface area (Å²) >= 11 is 0. The van der Waals surface area contributed by atoms with Crippen LogP contribution in [0, 0.1) is 16.0 Å². The van der Waals surface area contributed by atoms with Gasteiger partial charge in [-0.3, -0.25) is 19.5 Å². The first kappa shape index (κ1) is 18.1. The number of hydrogen-bond acceptors (Lipinski definition) is 6. The van der Waals surface area contributed by atoms with E-state index in [9.17, 15) is 19.7 Å². The smallest absolute Gasteiger partial charge is 0.407 e. The summed E-state index contributed by atoms with van der Waals surface area (Å²) in [5, 5.41) is 13.8. The molecule has 1 saturated carbocycles. The molecule has 0 aliphatic heterocycles. The van der Waals surface area contributed by atoms with E-state index in [0.717, 1.165) is 12.8 Å². The van der Waals surface area contributed by atoms with Crippen LogP contribution in [0.4, 0.5) is 5.69 Å². The van der Waals surface area contributed by atoms with Gasteiger partial charge in [0.2, 0.25) is 5.91 Å². The molecule has 9 nitrogen and oxygen atoms in total. The number of rotatable bonds is 8. The second kappa shape index (κ2) is 6.91. The number of oxazole rings is 1. The Bertz CT molecular complexity index is 898. The molecule has 0 radical (unpaired) electrons. The number of nitro groups is 1. The fourth-order valence-corrected chi connectivity index (χ4v) is 3.20. The zero-order valence-electron chi connectivity index (χ0n) is 14.6. The standard InChI is InChI=1S/C17H22N4O5/c1-17(10-18,11-4-5-11)19-15(22)3-2-8-20-13-7-6-12(21(24)25)9-14(13)26-16(20)23/h6-7,9,11H,2-5,8,10,18H2,1H3,(H,19,22). The number of nitrogens with two attached hydrogens (primary N) is 1. The molecule has 1 unspecified atom stereocenters. The normalized spacial score (nSPS) is 16.4. The van der Waals surface area contributed by atoms with Crippen LogP contribution >= 0.6 is 0 Å². The lowest BCUT2D eigenvalue weighted by Crippen LogP contribution is -2.53. The maximum Gasteiger partial charge on any atom is 0.419 e. The quantitative estimate of drug-likeness (QED) is 0.540. The van der Waals surface area contributed by atoms with Gasteiger partial charge in [-0.2, -0.15) is 0 Å². The number of amides is 1. The van der Waals surface area contributed by atoms with Gasteiger partial charge in [-0.25, -0.2) is 4.79 Å². The number of nitrogens with one attached hydrogen (secondary N) is 1. The summed E-state index contributed by atoms with van der Waals surface area (Å²) in [7, 11) is 0. The second-order valence-corrected chi connectivity index (χ2v) is 6.98. The number of fused-ring (bicyclic) bond motifs is 1. The summed E-state index contributed by atoms with van der Waals surface area (Å²) in [5.41, 5.74) is 5.93. The number of nitro benzene ring substituents is 1.